The number of aliphatic imine (C=N–C) groups is 1. The number of nitrogens with zero attached hydrogens (tertiary/aromatic N) is 3. The van der Waals surface area contributed by atoms with Gasteiger partial charge in [-0.05, 0) is 54.8 Å². The van der Waals surface area contributed by atoms with Crippen molar-refractivity contribution in [3.05, 3.63) is 99.2 Å². The number of alkyl halides is 2. The molecule has 5 nitrogen and oxygen atoms in total. The molecule has 0 bridgehead atoms. The van der Waals surface area contributed by atoms with Crippen LogP contribution in [0.4, 0.5) is 17.6 Å². The second-order valence-electron chi connectivity index (χ2n) is 7.56. The Labute approximate surface area is 181 Å². The number of hydrogen-bond acceptors (Lipinski definition) is 4. The van der Waals surface area contributed by atoms with Gasteiger partial charge in [0.05, 0.1) is 6.04 Å². The molecule has 1 aromatic carbocycles. The van der Waals surface area contributed by atoms with Crippen molar-refractivity contribution in [2.24, 2.45) is 4.99 Å². The van der Waals surface area contributed by atoms with E-state index in [2.05, 4.69) is 15.3 Å². The third kappa shape index (κ3) is 3.57. The molecule has 4 rings (SSSR count). The van der Waals surface area contributed by atoms with E-state index in [0.29, 0.717) is 21.3 Å². The number of hydrogen-bond donors (Lipinski definition) is 1. The van der Waals surface area contributed by atoms with Crippen LogP contribution in [0.25, 0.3) is 0 Å². The van der Waals surface area contributed by atoms with Crippen LogP contribution in [0, 0.1) is 11.8 Å². The molecule has 3 heterocycles. The van der Waals surface area contributed by atoms with E-state index in [4.69, 9.17) is 0 Å². The van der Waals surface area contributed by atoms with Gasteiger partial charge in [0.25, 0.3) is 5.56 Å². The number of aryl methyl sites for hydroxylation is 1. The smallest absolute Gasteiger partial charge is 0.321 e. The van der Waals surface area contributed by atoms with Crippen molar-refractivity contribution in [2.45, 2.75) is 38.4 Å². The van der Waals surface area contributed by atoms with Crippen LogP contribution in [0.2, 0.25) is 0 Å². The van der Waals surface area contributed by atoms with Gasteiger partial charge >= 0.3 is 6.55 Å². The third-order valence-corrected chi connectivity index (χ3v) is 5.73. The average Bonchev–Trinajstić information content (AvgIpc) is 3.12. The Balaban J connectivity index is 1.88. The Morgan fingerprint density at radius 2 is 1.84 bits per heavy atom. The van der Waals surface area contributed by atoms with Crippen molar-refractivity contribution in [1.29, 1.82) is 0 Å². The maximum absolute atomic E-state index is 14.0. The molecule has 0 radical (unpaired) electrons. The molecule has 0 saturated heterocycles. The van der Waals surface area contributed by atoms with Crippen LogP contribution in [0.3, 0.4) is 0 Å². The predicted octanol–water partition coefficient (Wildman–Crippen LogP) is 4.16. The highest BCUT2D eigenvalue weighted by atomic mass is 19.3. The van der Waals surface area contributed by atoms with Crippen LogP contribution >= 0.6 is 0 Å². The SMILES string of the molecule is CCc1cc(C2=N[C@@H](C)[C@@](c3ccc(F)cc3)(c3ccnc(F)c3)N2)cn(C(F)F)c1=O. The molecule has 0 spiro atoms. The fourth-order valence-corrected chi connectivity index (χ4v) is 4.10. The highest BCUT2D eigenvalue weighted by Crippen LogP contribution is 2.39. The summed E-state index contributed by atoms with van der Waals surface area (Å²) in [5.74, 6) is -0.873. The molecule has 166 valence electrons. The van der Waals surface area contributed by atoms with Crippen LogP contribution in [-0.4, -0.2) is 21.4 Å². The van der Waals surface area contributed by atoms with E-state index in [-0.39, 0.29) is 17.8 Å². The van der Waals surface area contributed by atoms with Gasteiger partial charge in [0.1, 0.15) is 17.2 Å². The van der Waals surface area contributed by atoms with Crippen LogP contribution in [0.15, 0.2) is 64.6 Å². The van der Waals surface area contributed by atoms with Gasteiger partial charge in [0.2, 0.25) is 5.95 Å². The van der Waals surface area contributed by atoms with Gasteiger partial charge in [0, 0.05) is 23.5 Å². The van der Waals surface area contributed by atoms with E-state index >= 15 is 0 Å². The number of rotatable bonds is 5. The molecule has 2 aromatic heterocycles. The first-order valence-corrected chi connectivity index (χ1v) is 10.0. The normalized spacial score (nSPS) is 20.3. The van der Waals surface area contributed by atoms with E-state index in [9.17, 15) is 22.4 Å². The maximum Gasteiger partial charge on any atom is 0.321 e. The second kappa shape index (κ2) is 8.22. The Hall–Kier alpha value is -3.49. The summed E-state index contributed by atoms with van der Waals surface area (Å²) in [7, 11) is 0. The molecule has 1 aliphatic heterocycles. The van der Waals surface area contributed by atoms with Gasteiger partial charge in [-0.1, -0.05) is 19.1 Å². The number of nitrogens with one attached hydrogen (secondary N) is 1. The zero-order valence-electron chi connectivity index (χ0n) is 17.3. The lowest BCUT2D eigenvalue weighted by atomic mass is 9.78. The van der Waals surface area contributed by atoms with Crippen molar-refractivity contribution in [1.82, 2.24) is 14.9 Å². The average molecular weight is 444 g/mol. The Bertz CT molecular complexity index is 1240. The number of pyridine rings is 2. The third-order valence-electron chi connectivity index (χ3n) is 5.73. The fourth-order valence-electron chi connectivity index (χ4n) is 4.10. The van der Waals surface area contributed by atoms with Crippen molar-refractivity contribution in [3.8, 4) is 0 Å². The first-order chi connectivity index (χ1) is 15.3. The second-order valence-corrected chi connectivity index (χ2v) is 7.56. The number of amidine groups is 1. The van der Waals surface area contributed by atoms with Crippen molar-refractivity contribution >= 4 is 5.84 Å². The largest absolute Gasteiger partial charge is 0.354 e. The van der Waals surface area contributed by atoms with E-state index in [1.54, 1.807) is 32.0 Å². The molecule has 2 atom stereocenters. The summed E-state index contributed by atoms with van der Waals surface area (Å²) < 4.78 is 55.0. The molecule has 0 amide bonds. The summed E-state index contributed by atoms with van der Waals surface area (Å²) in [5, 5.41) is 3.26. The summed E-state index contributed by atoms with van der Waals surface area (Å²) in [4.78, 5) is 20.5. The minimum atomic E-state index is -3.01. The highest BCUT2D eigenvalue weighted by Gasteiger charge is 2.45. The lowest BCUT2D eigenvalue weighted by Gasteiger charge is -2.35. The van der Waals surface area contributed by atoms with Gasteiger partial charge in [0.15, 0.2) is 0 Å². The fraction of sp³-hybridized carbons (Fsp3) is 0.261. The molecule has 0 fully saturated rings. The summed E-state index contributed by atoms with van der Waals surface area (Å²) in [6, 6.07) is 9.56. The minimum Gasteiger partial charge on any atom is -0.354 e. The molecule has 1 aliphatic rings. The van der Waals surface area contributed by atoms with Gasteiger partial charge in [-0.15, -0.1) is 0 Å². The topological polar surface area (TPSA) is 59.3 Å². The zero-order valence-corrected chi connectivity index (χ0v) is 17.3. The highest BCUT2D eigenvalue weighted by molar-refractivity contribution is 6.01. The molecule has 9 heteroatoms. The quantitative estimate of drug-likeness (QED) is 0.475. The van der Waals surface area contributed by atoms with E-state index in [1.165, 1.54) is 30.5 Å². The summed E-state index contributed by atoms with van der Waals surface area (Å²) in [6.45, 7) is 0.472. The van der Waals surface area contributed by atoms with Crippen LogP contribution in [0.5, 0.6) is 0 Å². The van der Waals surface area contributed by atoms with Gasteiger partial charge < -0.3 is 5.32 Å². The van der Waals surface area contributed by atoms with Crippen LogP contribution in [0.1, 0.15) is 42.7 Å². The number of aromatic nitrogens is 2. The summed E-state index contributed by atoms with van der Waals surface area (Å²) in [6.07, 6.45) is 2.63. The first kappa shape index (κ1) is 21.7. The summed E-state index contributed by atoms with van der Waals surface area (Å²) >= 11 is 0. The molecule has 0 saturated carbocycles. The van der Waals surface area contributed by atoms with Gasteiger partial charge in [-0.2, -0.15) is 13.2 Å². The molecular weight excluding hydrogens is 424 g/mol. The van der Waals surface area contributed by atoms with E-state index < -0.39 is 35.5 Å². The Morgan fingerprint density at radius 3 is 2.47 bits per heavy atom. The summed E-state index contributed by atoms with van der Waals surface area (Å²) in [5.41, 5.74) is -0.264. The number of benzene rings is 1. The molecule has 0 unspecified atom stereocenters. The zero-order chi connectivity index (χ0) is 23.0. The predicted molar refractivity (Wildman–Crippen MR) is 112 cm³/mol. The molecular formula is C23H20F4N4O. The lowest BCUT2D eigenvalue weighted by molar-refractivity contribution is 0.0660. The number of halogens is 4. The van der Waals surface area contributed by atoms with Crippen molar-refractivity contribution in [3.63, 3.8) is 0 Å². The molecule has 3 aromatic rings. The van der Waals surface area contributed by atoms with Crippen LogP contribution in [-0.2, 0) is 12.0 Å². The maximum atomic E-state index is 14.0. The van der Waals surface area contributed by atoms with E-state index in [1.807, 2.05) is 0 Å². The van der Waals surface area contributed by atoms with E-state index in [0.717, 1.165) is 6.20 Å². The van der Waals surface area contributed by atoms with Gasteiger partial charge in [-0.3, -0.25) is 14.4 Å². The molecule has 0 aliphatic carbocycles. The lowest BCUT2D eigenvalue weighted by Crippen LogP contribution is -2.48. The minimum absolute atomic E-state index is 0.217. The Kier molecular flexibility index (Phi) is 5.58. The molecule has 32 heavy (non-hydrogen) atoms. The van der Waals surface area contributed by atoms with Crippen molar-refractivity contribution in [2.75, 3.05) is 0 Å². The van der Waals surface area contributed by atoms with Crippen LogP contribution < -0.4 is 10.9 Å². The standard InChI is InChI=1S/C23H20F4N4O/c1-3-14-10-15(12-31(21(14)32)22(26)27)20-29-13(2)23(30-20,16-4-6-18(24)7-5-16)17-8-9-28-19(25)11-17/h4-13,22H,3H2,1-2H3,(H,29,30)/t13-,23+/m0/s1. The monoisotopic (exact) mass is 444 g/mol. The van der Waals surface area contributed by atoms with Gasteiger partial charge in [-0.25, -0.2) is 9.37 Å². The Morgan fingerprint density at radius 1 is 1.12 bits per heavy atom. The first-order valence-electron chi connectivity index (χ1n) is 10.0. The van der Waals surface area contributed by atoms with Crippen molar-refractivity contribution < 1.29 is 17.6 Å². The molecule has 1 N–H and O–H groups in total.